The minimum absolute atomic E-state index is 0.387. The van der Waals surface area contributed by atoms with Crippen molar-refractivity contribution in [1.82, 2.24) is 4.98 Å². The second kappa shape index (κ2) is 5.61. The predicted molar refractivity (Wildman–Crippen MR) is 77.8 cm³/mol. The van der Waals surface area contributed by atoms with E-state index in [1.807, 2.05) is 60.7 Å². The molecule has 3 aromatic rings. The van der Waals surface area contributed by atoms with Gasteiger partial charge in [0.05, 0.1) is 5.69 Å². The van der Waals surface area contributed by atoms with Gasteiger partial charge in [-0.1, -0.05) is 60.7 Å². The van der Waals surface area contributed by atoms with E-state index in [4.69, 9.17) is 4.42 Å². The first-order valence-electron chi connectivity index (χ1n) is 6.60. The molecule has 0 saturated carbocycles. The molecule has 0 bridgehead atoms. The van der Waals surface area contributed by atoms with Gasteiger partial charge in [0, 0.05) is 12.8 Å². The van der Waals surface area contributed by atoms with Gasteiger partial charge in [-0.25, -0.2) is 4.79 Å². The molecule has 1 N–H and O–H groups in total. The zero-order valence-electron chi connectivity index (χ0n) is 11.0. The fourth-order valence-electron chi connectivity index (χ4n) is 2.26. The Balaban J connectivity index is 1.87. The maximum atomic E-state index is 11.5. The first kappa shape index (κ1) is 12.5. The molecule has 1 aromatic heterocycles. The number of benzene rings is 2. The summed E-state index contributed by atoms with van der Waals surface area (Å²) in [5.74, 6) is 0.326. The molecule has 0 aliphatic rings. The van der Waals surface area contributed by atoms with E-state index >= 15 is 0 Å². The Bertz CT molecular complexity index is 664. The molecule has 3 nitrogen and oxygen atoms in total. The summed E-state index contributed by atoms with van der Waals surface area (Å²) in [4.78, 5) is 14.3. The zero-order chi connectivity index (χ0) is 13.8. The monoisotopic (exact) mass is 265 g/mol. The highest BCUT2D eigenvalue weighted by atomic mass is 16.4. The van der Waals surface area contributed by atoms with Crippen molar-refractivity contribution < 1.29 is 4.42 Å². The van der Waals surface area contributed by atoms with Gasteiger partial charge >= 0.3 is 5.76 Å². The molecule has 0 spiro atoms. The topological polar surface area (TPSA) is 46.0 Å². The third-order valence-electron chi connectivity index (χ3n) is 3.24. The van der Waals surface area contributed by atoms with Crippen LogP contribution < -0.4 is 5.76 Å². The summed E-state index contributed by atoms with van der Waals surface area (Å²) in [5, 5.41) is 0. The van der Waals surface area contributed by atoms with E-state index in [0.717, 1.165) is 16.8 Å². The Hall–Kier alpha value is -2.55. The van der Waals surface area contributed by atoms with Crippen molar-refractivity contribution in [2.45, 2.75) is 12.8 Å². The SMILES string of the molecule is O=c1[nH]c(Cc2ccccc2)c(Cc2ccccc2)o1. The van der Waals surface area contributed by atoms with E-state index < -0.39 is 0 Å². The van der Waals surface area contributed by atoms with Crippen molar-refractivity contribution in [3.8, 4) is 0 Å². The van der Waals surface area contributed by atoms with Gasteiger partial charge < -0.3 is 4.42 Å². The fraction of sp³-hybridized carbons (Fsp3) is 0.118. The maximum Gasteiger partial charge on any atom is 0.416 e. The van der Waals surface area contributed by atoms with Gasteiger partial charge in [0.1, 0.15) is 5.76 Å². The van der Waals surface area contributed by atoms with E-state index in [-0.39, 0.29) is 5.76 Å². The summed E-state index contributed by atoms with van der Waals surface area (Å²) in [6.07, 6.45) is 1.30. The van der Waals surface area contributed by atoms with Crippen LogP contribution in [0.25, 0.3) is 0 Å². The molecular weight excluding hydrogens is 250 g/mol. The standard InChI is InChI=1S/C17H15NO2/c19-17-18-15(11-13-7-3-1-4-8-13)16(20-17)12-14-9-5-2-6-10-14/h1-10H,11-12H2,(H,18,19). The molecule has 0 amide bonds. The lowest BCUT2D eigenvalue weighted by atomic mass is 10.1. The van der Waals surface area contributed by atoms with E-state index in [1.165, 1.54) is 0 Å². The molecule has 0 unspecified atom stereocenters. The Kier molecular flexibility index (Phi) is 3.50. The van der Waals surface area contributed by atoms with Crippen LogP contribution in [0.4, 0.5) is 0 Å². The summed E-state index contributed by atoms with van der Waals surface area (Å²) in [5.41, 5.74) is 3.13. The molecule has 3 rings (SSSR count). The minimum atomic E-state index is -0.387. The van der Waals surface area contributed by atoms with Gasteiger partial charge in [0.25, 0.3) is 0 Å². The average Bonchev–Trinajstić information content (AvgIpc) is 2.81. The Morgan fingerprint density at radius 1 is 0.800 bits per heavy atom. The minimum Gasteiger partial charge on any atom is -0.412 e. The van der Waals surface area contributed by atoms with Crippen LogP contribution in [-0.4, -0.2) is 4.98 Å². The lowest BCUT2D eigenvalue weighted by Crippen LogP contribution is -1.98. The third kappa shape index (κ3) is 2.88. The fourth-order valence-corrected chi connectivity index (χ4v) is 2.26. The van der Waals surface area contributed by atoms with Crippen LogP contribution in [0.2, 0.25) is 0 Å². The number of rotatable bonds is 4. The van der Waals surface area contributed by atoms with Crippen molar-refractivity contribution in [1.29, 1.82) is 0 Å². The summed E-state index contributed by atoms with van der Waals surface area (Å²) in [6.45, 7) is 0. The Morgan fingerprint density at radius 2 is 1.35 bits per heavy atom. The predicted octanol–water partition coefficient (Wildman–Crippen LogP) is 3.15. The van der Waals surface area contributed by atoms with Gasteiger partial charge in [0.2, 0.25) is 0 Å². The molecule has 100 valence electrons. The molecule has 0 radical (unpaired) electrons. The van der Waals surface area contributed by atoms with Crippen molar-refractivity contribution in [3.63, 3.8) is 0 Å². The number of hydrogen-bond donors (Lipinski definition) is 1. The molecule has 0 fully saturated rings. The zero-order valence-corrected chi connectivity index (χ0v) is 11.0. The highest BCUT2D eigenvalue weighted by molar-refractivity contribution is 5.27. The molecule has 0 atom stereocenters. The van der Waals surface area contributed by atoms with Gasteiger partial charge in [0.15, 0.2) is 0 Å². The van der Waals surface area contributed by atoms with Crippen LogP contribution in [0.1, 0.15) is 22.6 Å². The number of hydrogen-bond acceptors (Lipinski definition) is 2. The lowest BCUT2D eigenvalue weighted by molar-refractivity contribution is 0.476. The number of aromatic nitrogens is 1. The van der Waals surface area contributed by atoms with Crippen LogP contribution in [0.15, 0.2) is 69.9 Å². The summed E-state index contributed by atoms with van der Waals surface area (Å²) < 4.78 is 5.28. The van der Waals surface area contributed by atoms with Crippen molar-refractivity contribution >= 4 is 0 Å². The lowest BCUT2D eigenvalue weighted by Gasteiger charge is -2.02. The highest BCUT2D eigenvalue weighted by Gasteiger charge is 2.11. The number of oxazole rings is 1. The second-order valence-electron chi connectivity index (χ2n) is 4.74. The summed E-state index contributed by atoms with van der Waals surface area (Å²) in [6, 6.07) is 20.0. The number of nitrogens with one attached hydrogen (secondary N) is 1. The van der Waals surface area contributed by atoms with Crippen LogP contribution in [0, 0.1) is 0 Å². The van der Waals surface area contributed by atoms with Gasteiger partial charge in [-0.05, 0) is 11.1 Å². The van der Waals surface area contributed by atoms with E-state index in [1.54, 1.807) is 0 Å². The van der Waals surface area contributed by atoms with Crippen molar-refractivity contribution in [2.24, 2.45) is 0 Å². The smallest absolute Gasteiger partial charge is 0.412 e. The van der Waals surface area contributed by atoms with Gasteiger partial charge in [-0.2, -0.15) is 0 Å². The van der Waals surface area contributed by atoms with Gasteiger partial charge in [-0.15, -0.1) is 0 Å². The average molecular weight is 265 g/mol. The van der Waals surface area contributed by atoms with Crippen LogP contribution in [0.5, 0.6) is 0 Å². The maximum absolute atomic E-state index is 11.5. The highest BCUT2D eigenvalue weighted by Crippen LogP contribution is 2.15. The molecule has 20 heavy (non-hydrogen) atoms. The summed E-state index contributed by atoms with van der Waals surface area (Å²) >= 11 is 0. The largest absolute Gasteiger partial charge is 0.416 e. The van der Waals surface area contributed by atoms with Crippen LogP contribution in [-0.2, 0) is 12.8 Å². The van der Waals surface area contributed by atoms with Crippen LogP contribution >= 0.6 is 0 Å². The first-order chi connectivity index (χ1) is 9.81. The normalized spacial score (nSPS) is 10.6. The third-order valence-corrected chi connectivity index (χ3v) is 3.24. The molecule has 0 aliphatic carbocycles. The quantitative estimate of drug-likeness (QED) is 0.787. The Morgan fingerprint density at radius 3 is 1.95 bits per heavy atom. The molecular formula is C17H15NO2. The van der Waals surface area contributed by atoms with Crippen molar-refractivity contribution in [2.75, 3.05) is 0 Å². The van der Waals surface area contributed by atoms with Crippen molar-refractivity contribution in [3.05, 3.63) is 93.8 Å². The molecule has 0 aliphatic heterocycles. The second-order valence-corrected chi connectivity index (χ2v) is 4.74. The molecule has 1 heterocycles. The molecule has 3 heteroatoms. The van der Waals surface area contributed by atoms with Gasteiger partial charge in [-0.3, -0.25) is 4.98 Å². The van der Waals surface area contributed by atoms with Crippen LogP contribution in [0.3, 0.4) is 0 Å². The first-order valence-corrected chi connectivity index (χ1v) is 6.60. The molecule has 0 saturated heterocycles. The van der Waals surface area contributed by atoms with E-state index in [2.05, 4.69) is 4.98 Å². The Labute approximate surface area is 116 Å². The number of H-pyrrole nitrogens is 1. The van der Waals surface area contributed by atoms with E-state index in [9.17, 15) is 4.79 Å². The number of aromatic amines is 1. The summed E-state index contributed by atoms with van der Waals surface area (Å²) in [7, 11) is 0. The van der Waals surface area contributed by atoms with E-state index in [0.29, 0.717) is 18.6 Å². The molecule has 2 aromatic carbocycles.